The zero-order valence-electron chi connectivity index (χ0n) is 39.7. The molecule has 0 saturated heterocycles. The molecule has 4 heteroatoms. The summed E-state index contributed by atoms with van der Waals surface area (Å²) < 4.78 is 9.77. The minimum atomic E-state index is -0.371. The van der Waals surface area contributed by atoms with Gasteiger partial charge < -0.3 is 18.3 Å². The van der Waals surface area contributed by atoms with Crippen LogP contribution in [-0.4, -0.2) is 18.3 Å². The molecule has 0 atom stereocenters. The minimum Gasteiger partial charge on any atom is -0.309 e. The molecule has 0 aliphatic rings. The van der Waals surface area contributed by atoms with Crippen molar-refractivity contribution in [3.63, 3.8) is 0 Å². The lowest BCUT2D eigenvalue weighted by Crippen LogP contribution is -2.38. The first-order valence-corrected chi connectivity index (χ1v) is 24.5. The molecule has 0 N–H and O–H groups in total. The summed E-state index contributed by atoms with van der Waals surface area (Å²) in [5.41, 5.74) is 16.3. The van der Waals surface area contributed by atoms with Gasteiger partial charge in [-0.05, 0) is 114 Å². The lowest BCUT2D eigenvalue weighted by molar-refractivity contribution is 0.249. The molecule has 0 bridgehead atoms. The second kappa shape index (κ2) is 14.9. The Morgan fingerprint density at radius 3 is 0.786 bits per heavy atom. The van der Waals surface area contributed by atoms with E-state index in [0.717, 1.165) is 22.7 Å². The Morgan fingerprint density at radius 1 is 0.229 bits per heavy atom. The first kappa shape index (κ1) is 40.5. The van der Waals surface area contributed by atoms with Gasteiger partial charge in [0.1, 0.15) is 0 Å². The van der Waals surface area contributed by atoms with E-state index >= 15 is 0 Å². The average Bonchev–Trinajstić information content (AvgIpc) is 4.13. The topological polar surface area (TPSA) is 19.7 Å². The van der Waals surface area contributed by atoms with Crippen LogP contribution in [0, 0.1) is 5.41 Å². The molecule has 4 aromatic heterocycles. The van der Waals surface area contributed by atoms with Crippen LogP contribution in [0.15, 0.2) is 231 Å². The van der Waals surface area contributed by atoms with Crippen LogP contribution in [0.5, 0.6) is 0 Å². The number of hydrogen-bond acceptors (Lipinski definition) is 0. The third-order valence-corrected chi connectivity index (χ3v) is 15.9. The minimum absolute atomic E-state index is 0.152. The van der Waals surface area contributed by atoms with Crippen LogP contribution in [0.2, 0.25) is 0 Å². The number of benzene rings is 10. The first-order chi connectivity index (χ1) is 34.3. The zero-order valence-corrected chi connectivity index (χ0v) is 39.7. The number of hydrogen-bond donors (Lipinski definition) is 0. The highest BCUT2D eigenvalue weighted by Gasteiger charge is 2.41. The van der Waals surface area contributed by atoms with Crippen molar-refractivity contribution in [2.24, 2.45) is 5.41 Å². The fraction of sp³-hybridized carbons (Fsp3) is 0.0909. The molecular formula is C66H50N4. The van der Waals surface area contributed by atoms with Gasteiger partial charge in [-0.1, -0.05) is 161 Å². The summed E-state index contributed by atoms with van der Waals surface area (Å²) in [5, 5.41) is 10.0. The Hall–Kier alpha value is -8.60. The molecule has 70 heavy (non-hydrogen) atoms. The highest BCUT2D eigenvalue weighted by molar-refractivity contribution is 6.14. The maximum atomic E-state index is 2.47. The van der Waals surface area contributed by atoms with Crippen LogP contribution in [0.3, 0.4) is 0 Å². The summed E-state index contributed by atoms with van der Waals surface area (Å²) in [4.78, 5) is 0. The van der Waals surface area contributed by atoms with Crippen molar-refractivity contribution in [1.82, 2.24) is 18.3 Å². The molecule has 4 heterocycles. The Balaban J connectivity index is 0.907. The van der Waals surface area contributed by atoms with Gasteiger partial charge in [-0.3, -0.25) is 0 Å². The van der Waals surface area contributed by atoms with Gasteiger partial charge in [0.2, 0.25) is 0 Å². The van der Waals surface area contributed by atoms with Crippen molar-refractivity contribution in [3.05, 3.63) is 242 Å². The van der Waals surface area contributed by atoms with Gasteiger partial charge in [-0.2, -0.15) is 0 Å². The maximum absolute atomic E-state index is 2.47. The van der Waals surface area contributed by atoms with Crippen molar-refractivity contribution in [3.8, 4) is 22.7 Å². The Morgan fingerprint density at radius 2 is 0.486 bits per heavy atom. The van der Waals surface area contributed by atoms with E-state index in [0.29, 0.717) is 0 Å². The third-order valence-electron chi connectivity index (χ3n) is 15.9. The Labute approximate surface area is 406 Å². The van der Waals surface area contributed by atoms with E-state index in [1.165, 1.54) is 98.4 Å². The van der Waals surface area contributed by atoms with E-state index < -0.39 is 0 Å². The molecule has 14 aromatic rings. The van der Waals surface area contributed by atoms with Gasteiger partial charge >= 0.3 is 0 Å². The van der Waals surface area contributed by atoms with Crippen LogP contribution >= 0.6 is 0 Å². The van der Waals surface area contributed by atoms with Gasteiger partial charge in [-0.25, -0.2) is 0 Å². The van der Waals surface area contributed by atoms with Gasteiger partial charge in [0.25, 0.3) is 0 Å². The number of nitrogens with zero attached hydrogens (tertiary/aromatic N) is 4. The zero-order chi connectivity index (χ0) is 46.9. The van der Waals surface area contributed by atoms with Crippen LogP contribution in [0.4, 0.5) is 0 Å². The molecule has 0 fully saturated rings. The maximum Gasteiger partial charge on any atom is 0.0542 e. The predicted molar refractivity (Wildman–Crippen MR) is 296 cm³/mol. The van der Waals surface area contributed by atoms with E-state index in [2.05, 4.69) is 276 Å². The summed E-state index contributed by atoms with van der Waals surface area (Å²) in [5.74, 6) is 0. The van der Waals surface area contributed by atoms with E-state index in [1.807, 2.05) is 0 Å². The normalized spacial score (nSPS) is 12.6. The summed E-state index contributed by atoms with van der Waals surface area (Å²) in [7, 11) is 0. The quantitative estimate of drug-likeness (QED) is 0.158. The fourth-order valence-electron chi connectivity index (χ4n) is 12.1. The molecule has 0 spiro atoms. The molecule has 10 aromatic carbocycles. The van der Waals surface area contributed by atoms with Gasteiger partial charge in [0.15, 0.2) is 0 Å². The van der Waals surface area contributed by atoms with Gasteiger partial charge in [0.05, 0.1) is 44.1 Å². The average molecular weight is 899 g/mol. The van der Waals surface area contributed by atoms with Crippen molar-refractivity contribution in [2.45, 2.75) is 33.1 Å². The van der Waals surface area contributed by atoms with Crippen molar-refractivity contribution in [2.75, 3.05) is 0 Å². The third kappa shape index (κ3) is 5.71. The second-order valence-corrected chi connectivity index (χ2v) is 20.3. The molecule has 0 aliphatic carbocycles. The van der Waals surface area contributed by atoms with Gasteiger partial charge in [-0.15, -0.1) is 0 Å². The van der Waals surface area contributed by atoms with Crippen LogP contribution in [-0.2, 0) is 5.41 Å². The summed E-state index contributed by atoms with van der Waals surface area (Å²) in [6.45, 7) is 9.61. The molecule has 0 radical (unpaired) electrons. The fourth-order valence-corrected chi connectivity index (χ4v) is 12.1. The van der Waals surface area contributed by atoms with Crippen LogP contribution in [0.1, 0.15) is 38.8 Å². The lowest BCUT2D eigenvalue weighted by Gasteiger charge is -2.43. The number of para-hydroxylation sites is 6. The lowest BCUT2D eigenvalue weighted by atomic mass is 9.60. The molecule has 14 rings (SSSR count). The van der Waals surface area contributed by atoms with Crippen molar-refractivity contribution in [1.29, 1.82) is 0 Å². The molecule has 0 saturated carbocycles. The Bertz CT molecular complexity index is 4050. The van der Waals surface area contributed by atoms with Crippen molar-refractivity contribution >= 4 is 87.2 Å². The molecule has 0 aliphatic heterocycles. The predicted octanol–water partition coefficient (Wildman–Crippen LogP) is 17.4. The van der Waals surface area contributed by atoms with Crippen molar-refractivity contribution < 1.29 is 0 Å². The molecular weight excluding hydrogens is 849 g/mol. The summed E-state index contributed by atoms with van der Waals surface area (Å²) in [6, 6.07) is 85.5. The number of fused-ring (bicyclic) bond motifs is 12. The standard InChI is InChI=1S/C66H50N4/c1-65(2,3)66(4,43-19-17-21-45(39-43)67-61-33-15-9-27-53(61)55-41-47(35-37-63(55)67)69-57-29-11-5-23-49(57)50-24-6-12-30-58(50)69)44-20-18-22-46(40-44)68-62-34-16-10-28-54(62)56-42-48(36-38-64(56)68)70-59-31-13-7-25-51(59)52-26-8-14-32-60(52)70/h5-42H,1-4H3. The van der Waals surface area contributed by atoms with E-state index in [4.69, 9.17) is 0 Å². The highest BCUT2D eigenvalue weighted by Crippen LogP contribution is 2.49. The first-order valence-electron chi connectivity index (χ1n) is 24.5. The summed E-state index contributed by atoms with van der Waals surface area (Å²) >= 11 is 0. The number of aromatic nitrogens is 4. The second-order valence-electron chi connectivity index (χ2n) is 20.3. The monoisotopic (exact) mass is 898 g/mol. The largest absolute Gasteiger partial charge is 0.309 e. The smallest absolute Gasteiger partial charge is 0.0542 e. The van der Waals surface area contributed by atoms with E-state index in [-0.39, 0.29) is 10.8 Å². The Kier molecular flexibility index (Phi) is 8.64. The molecule has 0 amide bonds. The highest BCUT2D eigenvalue weighted by atomic mass is 15.0. The van der Waals surface area contributed by atoms with E-state index in [9.17, 15) is 0 Å². The van der Waals surface area contributed by atoms with Gasteiger partial charge in [0, 0.05) is 71.3 Å². The molecule has 334 valence electrons. The van der Waals surface area contributed by atoms with Crippen LogP contribution in [0.25, 0.3) is 110 Å². The van der Waals surface area contributed by atoms with Crippen LogP contribution < -0.4 is 0 Å². The number of rotatable bonds is 6. The summed E-state index contributed by atoms with van der Waals surface area (Å²) in [6.07, 6.45) is 0. The SMILES string of the molecule is CC(C)(C)C(C)(c1cccc(-n2c3ccccc3c3cc(-n4c5ccccc5c5ccccc54)ccc32)c1)c1cccc(-n2c3ccccc3c3cc(-n4c5ccccc5c5ccccc54)ccc32)c1. The molecule has 0 unspecified atom stereocenters. The molecule has 4 nitrogen and oxygen atoms in total. The van der Waals surface area contributed by atoms with E-state index in [1.54, 1.807) is 0 Å².